The van der Waals surface area contributed by atoms with E-state index in [1.807, 2.05) is 24.0 Å². The molecule has 0 fully saturated rings. The Morgan fingerprint density at radius 1 is 1.24 bits per heavy atom. The summed E-state index contributed by atoms with van der Waals surface area (Å²) in [5.41, 5.74) is 3.02. The van der Waals surface area contributed by atoms with Gasteiger partial charge in [-0.15, -0.1) is 5.10 Å². The molecule has 1 aliphatic rings. The predicted octanol–water partition coefficient (Wildman–Crippen LogP) is 3.43. The first-order chi connectivity index (χ1) is 11.8. The van der Waals surface area contributed by atoms with Crippen LogP contribution >= 0.6 is 0 Å². The van der Waals surface area contributed by atoms with Crippen molar-refractivity contribution < 1.29 is 4.52 Å². The van der Waals surface area contributed by atoms with Gasteiger partial charge in [-0.3, -0.25) is 4.68 Å². The van der Waals surface area contributed by atoms with Crippen LogP contribution in [0.3, 0.4) is 0 Å². The summed E-state index contributed by atoms with van der Waals surface area (Å²) in [5, 5.41) is 13.5. The second-order valence-corrected chi connectivity index (χ2v) is 7.95. The maximum Gasteiger partial charge on any atom is 0.202 e. The SMILES string of the molecule is CC(C)n1nc(-c2ccn(C)n2)nc1-c1noc2c1CC(C)(C)CC2. The van der Waals surface area contributed by atoms with E-state index in [4.69, 9.17) is 9.51 Å². The number of aromatic nitrogens is 6. The van der Waals surface area contributed by atoms with Gasteiger partial charge in [-0.1, -0.05) is 19.0 Å². The Labute approximate surface area is 147 Å². The summed E-state index contributed by atoms with van der Waals surface area (Å²) in [6, 6.07) is 2.09. The zero-order valence-corrected chi connectivity index (χ0v) is 15.4. The van der Waals surface area contributed by atoms with Crippen molar-refractivity contribution in [1.82, 2.24) is 29.7 Å². The third kappa shape index (κ3) is 2.77. The molecule has 0 saturated carbocycles. The van der Waals surface area contributed by atoms with E-state index in [0.29, 0.717) is 5.82 Å². The Morgan fingerprint density at radius 2 is 2.04 bits per heavy atom. The van der Waals surface area contributed by atoms with Crippen LogP contribution in [0.4, 0.5) is 0 Å². The van der Waals surface area contributed by atoms with Crippen LogP contribution in [-0.4, -0.2) is 29.7 Å². The van der Waals surface area contributed by atoms with Crippen LogP contribution in [0, 0.1) is 5.41 Å². The molecule has 0 amide bonds. The third-order valence-electron chi connectivity index (χ3n) is 4.83. The van der Waals surface area contributed by atoms with Crippen LogP contribution < -0.4 is 0 Å². The van der Waals surface area contributed by atoms with Gasteiger partial charge < -0.3 is 4.52 Å². The monoisotopic (exact) mass is 340 g/mol. The topological polar surface area (TPSA) is 74.6 Å². The van der Waals surface area contributed by atoms with E-state index >= 15 is 0 Å². The molecule has 0 bridgehead atoms. The molecule has 25 heavy (non-hydrogen) atoms. The summed E-state index contributed by atoms with van der Waals surface area (Å²) in [7, 11) is 1.89. The average Bonchev–Trinajstić information content (AvgIpc) is 3.22. The number of nitrogens with zero attached hydrogens (tertiary/aromatic N) is 6. The van der Waals surface area contributed by atoms with E-state index in [0.717, 1.165) is 42.2 Å². The van der Waals surface area contributed by atoms with Gasteiger partial charge in [0, 0.05) is 31.3 Å². The lowest BCUT2D eigenvalue weighted by atomic mass is 9.76. The smallest absolute Gasteiger partial charge is 0.202 e. The van der Waals surface area contributed by atoms with Gasteiger partial charge in [0.1, 0.15) is 11.5 Å². The van der Waals surface area contributed by atoms with Crippen molar-refractivity contribution in [2.75, 3.05) is 0 Å². The van der Waals surface area contributed by atoms with E-state index in [-0.39, 0.29) is 11.5 Å². The highest BCUT2D eigenvalue weighted by Gasteiger charge is 2.33. The van der Waals surface area contributed by atoms with E-state index in [1.165, 1.54) is 5.56 Å². The quantitative estimate of drug-likeness (QED) is 0.730. The van der Waals surface area contributed by atoms with Gasteiger partial charge in [-0.05, 0) is 38.2 Å². The zero-order chi connectivity index (χ0) is 17.8. The van der Waals surface area contributed by atoms with Crippen molar-refractivity contribution in [2.45, 2.75) is 53.0 Å². The normalized spacial score (nSPS) is 16.4. The molecule has 3 heterocycles. The lowest BCUT2D eigenvalue weighted by molar-refractivity contribution is 0.282. The number of hydrogen-bond acceptors (Lipinski definition) is 5. The second-order valence-electron chi connectivity index (χ2n) is 7.95. The first-order valence-electron chi connectivity index (χ1n) is 8.78. The Bertz CT molecular complexity index is 914. The fraction of sp³-hybridized carbons (Fsp3) is 0.556. The molecule has 4 rings (SSSR count). The van der Waals surface area contributed by atoms with Gasteiger partial charge in [0.25, 0.3) is 0 Å². The fourth-order valence-corrected chi connectivity index (χ4v) is 3.40. The van der Waals surface area contributed by atoms with Crippen molar-refractivity contribution >= 4 is 0 Å². The Morgan fingerprint density at radius 3 is 2.72 bits per heavy atom. The Balaban J connectivity index is 1.83. The van der Waals surface area contributed by atoms with Gasteiger partial charge in [0.15, 0.2) is 11.5 Å². The van der Waals surface area contributed by atoms with E-state index < -0.39 is 0 Å². The fourth-order valence-electron chi connectivity index (χ4n) is 3.40. The minimum absolute atomic E-state index is 0.170. The van der Waals surface area contributed by atoms with Crippen LogP contribution in [0.15, 0.2) is 16.8 Å². The molecule has 0 atom stereocenters. The number of fused-ring (bicyclic) bond motifs is 1. The molecule has 7 heteroatoms. The van der Waals surface area contributed by atoms with Gasteiger partial charge in [-0.2, -0.15) is 5.10 Å². The van der Waals surface area contributed by atoms with Crippen LogP contribution in [0.25, 0.3) is 23.0 Å². The maximum atomic E-state index is 5.64. The van der Waals surface area contributed by atoms with Gasteiger partial charge >= 0.3 is 0 Å². The van der Waals surface area contributed by atoms with Crippen LogP contribution in [0.1, 0.15) is 51.5 Å². The molecule has 0 unspecified atom stereocenters. The first-order valence-corrected chi connectivity index (χ1v) is 8.78. The molecule has 0 aromatic carbocycles. The summed E-state index contributed by atoms with van der Waals surface area (Å²) in [6.07, 6.45) is 4.89. The lowest BCUT2D eigenvalue weighted by Crippen LogP contribution is -2.21. The molecule has 7 nitrogen and oxygen atoms in total. The third-order valence-corrected chi connectivity index (χ3v) is 4.83. The molecule has 3 aromatic heterocycles. The lowest BCUT2D eigenvalue weighted by Gasteiger charge is -2.28. The molecular weight excluding hydrogens is 316 g/mol. The van der Waals surface area contributed by atoms with Gasteiger partial charge in [0.05, 0.1) is 0 Å². The van der Waals surface area contributed by atoms with E-state index in [2.05, 4.69) is 43.0 Å². The van der Waals surface area contributed by atoms with Crippen molar-refractivity contribution in [3.8, 4) is 23.0 Å². The van der Waals surface area contributed by atoms with Crippen molar-refractivity contribution in [1.29, 1.82) is 0 Å². The molecule has 1 aliphatic carbocycles. The average molecular weight is 340 g/mol. The minimum atomic E-state index is 0.170. The maximum absolute atomic E-state index is 5.64. The summed E-state index contributed by atoms with van der Waals surface area (Å²) < 4.78 is 9.31. The number of aryl methyl sites for hydroxylation is 2. The molecule has 0 radical (unpaired) electrons. The summed E-state index contributed by atoms with van der Waals surface area (Å²) in [4.78, 5) is 4.77. The largest absolute Gasteiger partial charge is 0.360 e. The Kier molecular flexibility index (Phi) is 3.56. The molecule has 0 N–H and O–H groups in total. The molecule has 0 aliphatic heterocycles. The summed E-state index contributed by atoms with van der Waals surface area (Å²) >= 11 is 0. The van der Waals surface area contributed by atoms with Gasteiger partial charge in [-0.25, -0.2) is 9.67 Å². The van der Waals surface area contributed by atoms with Gasteiger partial charge in [0.2, 0.25) is 5.82 Å². The highest BCUT2D eigenvalue weighted by molar-refractivity contribution is 5.60. The standard InChI is InChI=1S/C18H24N6O/c1-11(2)24-17(19-16(21-24)13-7-9-23(5)20-13)15-12-10-18(3,4)8-6-14(12)25-22-15/h7,9,11H,6,8,10H2,1-5H3. The minimum Gasteiger partial charge on any atom is -0.360 e. The van der Waals surface area contributed by atoms with E-state index in [1.54, 1.807) is 4.68 Å². The highest BCUT2D eigenvalue weighted by Crippen LogP contribution is 2.39. The van der Waals surface area contributed by atoms with Crippen LogP contribution in [0.2, 0.25) is 0 Å². The predicted molar refractivity (Wildman–Crippen MR) is 93.9 cm³/mol. The zero-order valence-electron chi connectivity index (χ0n) is 15.4. The molecule has 3 aromatic rings. The number of rotatable bonds is 3. The molecule has 132 valence electrons. The van der Waals surface area contributed by atoms with E-state index in [9.17, 15) is 0 Å². The van der Waals surface area contributed by atoms with Crippen molar-refractivity contribution in [2.24, 2.45) is 12.5 Å². The van der Waals surface area contributed by atoms with Crippen molar-refractivity contribution in [3.05, 3.63) is 23.6 Å². The second kappa shape index (κ2) is 5.54. The molecule has 0 saturated heterocycles. The summed E-state index contributed by atoms with van der Waals surface area (Å²) in [5.74, 6) is 2.38. The number of hydrogen-bond donors (Lipinski definition) is 0. The van der Waals surface area contributed by atoms with Crippen LogP contribution in [-0.2, 0) is 19.9 Å². The van der Waals surface area contributed by atoms with Crippen molar-refractivity contribution in [3.63, 3.8) is 0 Å². The first kappa shape index (κ1) is 16.1. The molecule has 0 spiro atoms. The summed E-state index contributed by atoms with van der Waals surface area (Å²) in [6.45, 7) is 8.77. The van der Waals surface area contributed by atoms with Crippen LogP contribution in [0.5, 0.6) is 0 Å². The molecular formula is C18H24N6O. The highest BCUT2D eigenvalue weighted by atomic mass is 16.5. The Hall–Kier alpha value is -2.44.